The number of rotatable bonds is 6. The Labute approximate surface area is 227 Å². The van der Waals surface area contributed by atoms with E-state index in [0.717, 1.165) is 94.8 Å². The highest BCUT2D eigenvalue weighted by molar-refractivity contribution is 7.99. The highest BCUT2D eigenvalue weighted by Gasteiger charge is 2.19. The number of hydrogen-bond donors (Lipinski definition) is 0. The summed E-state index contributed by atoms with van der Waals surface area (Å²) >= 11 is 1.78. The van der Waals surface area contributed by atoms with Gasteiger partial charge in [0.15, 0.2) is 22.5 Å². The minimum atomic E-state index is 0. The molecule has 0 unspecified atom stereocenters. The molecule has 37 heavy (non-hydrogen) atoms. The molecule has 3 aromatic heterocycles. The summed E-state index contributed by atoms with van der Waals surface area (Å²) in [5.41, 5.74) is 7.83. The zero-order valence-corrected chi connectivity index (χ0v) is 23.0. The molecule has 0 bridgehead atoms. The van der Waals surface area contributed by atoms with Crippen molar-refractivity contribution >= 4 is 46.2 Å². The SMILES string of the molecule is Cc1ccc2c(-c3nnc(SCCCN4CCc5ccc6oc(C)nc6c5CC4)n3C)cccc2n1.Cl. The Morgan fingerprint density at radius 2 is 1.84 bits per heavy atom. The fourth-order valence-corrected chi connectivity index (χ4v) is 6.01. The molecule has 0 spiro atoms. The van der Waals surface area contributed by atoms with Gasteiger partial charge in [0.25, 0.3) is 0 Å². The molecule has 9 heteroatoms. The topological polar surface area (TPSA) is 72.9 Å². The molecule has 0 radical (unpaired) electrons. The molecule has 0 aliphatic carbocycles. The fourth-order valence-electron chi connectivity index (χ4n) is 5.18. The molecule has 6 rings (SSSR count). The van der Waals surface area contributed by atoms with Crippen molar-refractivity contribution in [2.45, 2.75) is 38.3 Å². The van der Waals surface area contributed by atoms with E-state index in [4.69, 9.17) is 4.42 Å². The van der Waals surface area contributed by atoms with Gasteiger partial charge in [0.2, 0.25) is 0 Å². The van der Waals surface area contributed by atoms with Crippen molar-refractivity contribution in [2.75, 3.05) is 25.4 Å². The lowest BCUT2D eigenvalue weighted by atomic mass is 10.0. The number of aryl methyl sites for hydroxylation is 2. The van der Waals surface area contributed by atoms with Crippen LogP contribution in [0.25, 0.3) is 33.4 Å². The normalized spacial score (nSPS) is 14.0. The minimum absolute atomic E-state index is 0. The summed E-state index contributed by atoms with van der Waals surface area (Å²) in [6.07, 6.45) is 3.20. The summed E-state index contributed by atoms with van der Waals surface area (Å²) in [5, 5.41) is 11.1. The number of oxazole rings is 1. The average Bonchev–Trinajstić information content (AvgIpc) is 3.36. The largest absolute Gasteiger partial charge is 0.441 e. The molecule has 0 saturated heterocycles. The van der Waals surface area contributed by atoms with E-state index in [9.17, 15) is 0 Å². The molecule has 0 atom stereocenters. The van der Waals surface area contributed by atoms with Gasteiger partial charge in [0.05, 0.1) is 5.52 Å². The van der Waals surface area contributed by atoms with Gasteiger partial charge in [-0.3, -0.25) is 4.98 Å². The summed E-state index contributed by atoms with van der Waals surface area (Å²) in [7, 11) is 2.05. The number of nitrogens with zero attached hydrogens (tertiary/aromatic N) is 6. The molecule has 0 N–H and O–H groups in total. The first-order valence-corrected chi connectivity index (χ1v) is 13.5. The van der Waals surface area contributed by atoms with Crippen LogP contribution in [0.3, 0.4) is 0 Å². The van der Waals surface area contributed by atoms with Crippen molar-refractivity contribution in [3.05, 3.63) is 65.2 Å². The van der Waals surface area contributed by atoms with Crippen molar-refractivity contribution in [2.24, 2.45) is 7.05 Å². The lowest BCUT2D eigenvalue weighted by Gasteiger charge is -2.19. The fraction of sp³-hybridized carbons (Fsp3) is 0.357. The van der Waals surface area contributed by atoms with E-state index >= 15 is 0 Å². The summed E-state index contributed by atoms with van der Waals surface area (Å²) in [5.74, 6) is 2.64. The second-order valence-corrected chi connectivity index (χ2v) is 10.6. The molecular formula is C28H31ClN6OS. The Balaban J connectivity index is 0.00000280. The summed E-state index contributed by atoms with van der Waals surface area (Å²) in [6.45, 7) is 7.17. The summed E-state index contributed by atoms with van der Waals surface area (Å²) < 4.78 is 7.85. The van der Waals surface area contributed by atoms with Crippen LogP contribution in [-0.2, 0) is 19.9 Å². The number of halogens is 1. The van der Waals surface area contributed by atoms with E-state index in [-0.39, 0.29) is 12.4 Å². The predicted molar refractivity (Wildman–Crippen MR) is 152 cm³/mol. The maximum Gasteiger partial charge on any atom is 0.192 e. The minimum Gasteiger partial charge on any atom is -0.441 e. The van der Waals surface area contributed by atoms with Gasteiger partial charge in [-0.2, -0.15) is 0 Å². The van der Waals surface area contributed by atoms with Crippen LogP contribution in [-0.4, -0.2) is 55.0 Å². The van der Waals surface area contributed by atoms with Gasteiger partial charge in [-0.05, 0) is 62.1 Å². The average molecular weight is 535 g/mol. The van der Waals surface area contributed by atoms with E-state index < -0.39 is 0 Å². The third-order valence-electron chi connectivity index (χ3n) is 7.04. The van der Waals surface area contributed by atoms with Crippen LogP contribution in [0.4, 0.5) is 0 Å². The van der Waals surface area contributed by atoms with Gasteiger partial charge in [-0.15, -0.1) is 22.6 Å². The third kappa shape index (κ3) is 5.10. The second-order valence-electron chi connectivity index (χ2n) is 9.52. The number of benzene rings is 2. The van der Waals surface area contributed by atoms with Crippen molar-refractivity contribution in [3.63, 3.8) is 0 Å². The highest BCUT2D eigenvalue weighted by atomic mass is 35.5. The van der Waals surface area contributed by atoms with Crippen molar-refractivity contribution in [1.29, 1.82) is 0 Å². The maximum absolute atomic E-state index is 5.74. The quantitative estimate of drug-likeness (QED) is 0.201. The Morgan fingerprint density at radius 1 is 0.973 bits per heavy atom. The Kier molecular flexibility index (Phi) is 7.51. The Bertz CT molecular complexity index is 1560. The molecule has 0 fully saturated rings. The second kappa shape index (κ2) is 10.8. The molecule has 0 amide bonds. The van der Waals surface area contributed by atoms with Gasteiger partial charge in [0.1, 0.15) is 5.52 Å². The van der Waals surface area contributed by atoms with E-state index in [0.29, 0.717) is 0 Å². The maximum atomic E-state index is 5.74. The van der Waals surface area contributed by atoms with Gasteiger partial charge < -0.3 is 13.9 Å². The smallest absolute Gasteiger partial charge is 0.192 e. The summed E-state index contributed by atoms with van der Waals surface area (Å²) in [6, 6.07) is 14.7. The molecule has 7 nitrogen and oxygen atoms in total. The lowest BCUT2D eigenvalue weighted by Crippen LogP contribution is -2.27. The van der Waals surface area contributed by atoms with Crippen LogP contribution in [0.1, 0.15) is 29.1 Å². The molecule has 1 aliphatic heterocycles. The van der Waals surface area contributed by atoms with E-state index in [1.165, 1.54) is 11.1 Å². The molecule has 5 aromatic rings. The zero-order valence-electron chi connectivity index (χ0n) is 21.4. The first-order chi connectivity index (χ1) is 17.6. The first-order valence-electron chi connectivity index (χ1n) is 12.6. The highest BCUT2D eigenvalue weighted by Crippen LogP contribution is 2.29. The standard InChI is InChI=1S/C28H30N6OS.ClH/c1-18-8-10-22-23(6-4-7-24(22)29-18)27-31-32-28(33(27)3)36-17-5-14-34-15-12-20-9-11-25-26(21(20)13-16-34)30-19(2)35-25;/h4,6-11H,5,12-17H2,1-3H3;1H. The van der Waals surface area contributed by atoms with Gasteiger partial charge in [-0.25, -0.2) is 4.98 Å². The van der Waals surface area contributed by atoms with Crippen LogP contribution in [0.2, 0.25) is 0 Å². The number of aromatic nitrogens is 5. The molecule has 4 heterocycles. The number of pyridine rings is 1. The monoisotopic (exact) mass is 534 g/mol. The van der Waals surface area contributed by atoms with E-state index in [1.807, 2.05) is 19.9 Å². The van der Waals surface area contributed by atoms with Crippen LogP contribution in [0.15, 0.2) is 52.0 Å². The molecule has 0 saturated carbocycles. The van der Waals surface area contributed by atoms with Crippen LogP contribution >= 0.6 is 24.2 Å². The Hall–Kier alpha value is -2.94. The van der Waals surface area contributed by atoms with E-state index in [1.54, 1.807) is 11.8 Å². The molecule has 192 valence electrons. The summed E-state index contributed by atoms with van der Waals surface area (Å²) in [4.78, 5) is 11.9. The van der Waals surface area contributed by atoms with Crippen LogP contribution < -0.4 is 0 Å². The lowest BCUT2D eigenvalue weighted by molar-refractivity contribution is 0.289. The van der Waals surface area contributed by atoms with Gasteiger partial charge >= 0.3 is 0 Å². The third-order valence-corrected chi connectivity index (χ3v) is 8.15. The van der Waals surface area contributed by atoms with Crippen LogP contribution in [0, 0.1) is 13.8 Å². The van der Waals surface area contributed by atoms with Crippen molar-refractivity contribution in [3.8, 4) is 11.4 Å². The number of thioether (sulfide) groups is 1. The predicted octanol–water partition coefficient (Wildman–Crippen LogP) is 5.79. The van der Waals surface area contributed by atoms with Gasteiger partial charge in [-0.1, -0.05) is 36.0 Å². The first kappa shape index (κ1) is 25.7. The van der Waals surface area contributed by atoms with Gasteiger partial charge in [0, 0.05) is 49.5 Å². The molecule has 1 aliphatic rings. The molecular weight excluding hydrogens is 504 g/mol. The number of hydrogen-bond acceptors (Lipinski definition) is 7. The van der Waals surface area contributed by atoms with Crippen molar-refractivity contribution < 1.29 is 4.42 Å². The molecule has 2 aromatic carbocycles. The Morgan fingerprint density at radius 3 is 2.73 bits per heavy atom. The van der Waals surface area contributed by atoms with E-state index in [2.05, 4.69) is 73.1 Å². The van der Waals surface area contributed by atoms with Crippen molar-refractivity contribution in [1.82, 2.24) is 29.6 Å². The number of fused-ring (bicyclic) bond motifs is 4. The van der Waals surface area contributed by atoms with Crippen LogP contribution in [0.5, 0.6) is 0 Å². The zero-order chi connectivity index (χ0) is 24.6.